The molecule has 0 spiro atoms. The van der Waals surface area contributed by atoms with E-state index in [1.165, 1.54) is 0 Å². The molecule has 1 rings (SSSR count). The minimum Gasteiger partial charge on any atom is -0.481 e. The molecule has 3 nitrogen and oxygen atoms in total. The lowest BCUT2D eigenvalue weighted by molar-refractivity contribution is -0.137. The highest BCUT2D eigenvalue weighted by atomic mass is 79.9. The van der Waals surface area contributed by atoms with Gasteiger partial charge in [-0.1, -0.05) is 34.5 Å². The SMILES string of the molecule is O=C(O)CCCCCC(=O)c1cccc(Br)c1. The quantitative estimate of drug-likeness (QED) is 0.617. The molecule has 1 aromatic rings. The molecule has 4 heteroatoms. The van der Waals surface area contributed by atoms with Crippen LogP contribution < -0.4 is 0 Å². The highest BCUT2D eigenvalue weighted by Gasteiger charge is 2.06. The van der Waals surface area contributed by atoms with E-state index in [9.17, 15) is 9.59 Å². The second kappa shape index (κ2) is 7.22. The third-order valence-electron chi connectivity index (χ3n) is 2.44. The van der Waals surface area contributed by atoms with Crippen LogP contribution in [0.25, 0.3) is 0 Å². The number of carbonyl (C=O) groups excluding carboxylic acids is 1. The predicted octanol–water partition coefficient (Wildman–Crippen LogP) is 3.67. The van der Waals surface area contributed by atoms with E-state index in [-0.39, 0.29) is 12.2 Å². The summed E-state index contributed by atoms with van der Waals surface area (Å²) in [6, 6.07) is 7.31. The lowest BCUT2D eigenvalue weighted by atomic mass is 10.0. The fourth-order valence-corrected chi connectivity index (χ4v) is 1.94. The summed E-state index contributed by atoms with van der Waals surface area (Å²) in [4.78, 5) is 22.0. The standard InChI is InChI=1S/C13H15BrO3/c14-11-6-4-5-10(9-11)12(15)7-2-1-3-8-13(16)17/h4-6,9H,1-3,7-8H2,(H,16,17). The number of rotatable bonds is 7. The van der Waals surface area contributed by atoms with Crippen molar-refractivity contribution >= 4 is 27.7 Å². The van der Waals surface area contributed by atoms with Crippen molar-refractivity contribution in [2.45, 2.75) is 32.1 Å². The Labute approximate surface area is 109 Å². The molecule has 0 saturated heterocycles. The van der Waals surface area contributed by atoms with Gasteiger partial charge in [0.15, 0.2) is 5.78 Å². The summed E-state index contributed by atoms with van der Waals surface area (Å²) in [7, 11) is 0. The summed E-state index contributed by atoms with van der Waals surface area (Å²) in [5.41, 5.74) is 0.706. The van der Waals surface area contributed by atoms with Crippen molar-refractivity contribution < 1.29 is 14.7 Å². The molecule has 92 valence electrons. The third-order valence-corrected chi connectivity index (χ3v) is 2.93. The number of carboxylic acids is 1. The summed E-state index contributed by atoms with van der Waals surface area (Å²) < 4.78 is 0.897. The molecule has 0 aliphatic heterocycles. The van der Waals surface area contributed by atoms with Gasteiger partial charge in [0, 0.05) is 22.9 Å². The van der Waals surface area contributed by atoms with Crippen molar-refractivity contribution in [1.82, 2.24) is 0 Å². The highest BCUT2D eigenvalue weighted by molar-refractivity contribution is 9.10. The smallest absolute Gasteiger partial charge is 0.303 e. The Morgan fingerprint density at radius 1 is 1.12 bits per heavy atom. The van der Waals surface area contributed by atoms with E-state index in [1.54, 1.807) is 12.1 Å². The van der Waals surface area contributed by atoms with Gasteiger partial charge in [0.2, 0.25) is 0 Å². The molecule has 1 N–H and O–H groups in total. The van der Waals surface area contributed by atoms with Gasteiger partial charge in [0.25, 0.3) is 0 Å². The molecule has 0 aromatic heterocycles. The van der Waals surface area contributed by atoms with E-state index < -0.39 is 5.97 Å². The van der Waals surface area contributed by atoms with Crippen molar-refractivity contribution in [3.63, 3.8) is 0 Å². The minimum atomic E-state index is -0.775. The maximum absolute atomic E-state index is 11.8. The molecule has 0 aliphatic rings. The number of halogens is 1. The van der Waals surface area contributed by atoms with Gasteiger partial charge in [-0.05, 0) is 25.0 Å². The van der Waals surface area contributed by atoms with Crippen molar-refractivity contribution in [3.8, 4) is 0 Å². The maximum Gasteiger partial charge on any atom is 0.303 e. The molecular formula is C13H15BrO3. The van der Waals surface area contributed by atoms with Crippen LogP contribution in [-0.4, -0.2) is 16.9 Å². The summed E-state index contributed by atoms with van der Waals surface area (Å²) >= 11 is 3.32. The molecule has 0 saturated carbocycles. The lowest BCUT2D eigenvalue weighted by Gasteiger charge is -2.01. The maximum atomic E-state index is 11.8. The van der Waals surface area contributed by atoms with Crippen LogP contribution in [0.3, 0.4) is 0 Å². The van der Waals surface area contributed by atoms with E-state index >= 15 is 0 Å². The van der Waals surface area contributed by atoms with Crippen molar-refractivity contribution in [1.29, 1.82) is 0 Å². The Morgan fingerprint density at radius 2 is 1.82 bits per heavy atom. The number of Topliss-reactive ketones (excluding diaryl/α,β-unsaturated/α-hetero) is 1. The van der Waals surface area contributed by atoms with Gasteiger partial charge in [-0.15, -0.1) is 0 Å². The summed E-state index contributed by atoms with van der Waals surface area (Å²) in [6.45, 7) is 0. The first-order valence-corrected chi connectivity index (χ1v) is 6.39. The first-order valence-electron chi connectivity index (χ1n) is 5.60. The molecule has 0 heterocycles. The van der Waals surface area contributed by atoms with E-state index in [0.29, 0.717) is 18.4 Å². The number of aliphatic carboxylic acids is 1. The first-order chi connectivity index (χ1) is 8.09. The van der Waals surface area contributed by atoms with Gasteiger partial charge in [0.1, 0.15) is 0 Å². The van der Waals surface area contributed by atoms with E-state index in [0.717, 1.165) is 17.3 Å². The molecule has 17 heavy (non-hydrogen) atoms. The molecule has 0 amide bonds. The average Bonchev–Trinajstić information content (AvgIpc) is 2.28. The third kappa shape index (κ3) is 5.63. The number of carboxylic acid groups (broad SMARTS) is 1. The zero-order chi connectivity index (χ0) is 12.7. The molecular weight excluding hydrogens is 284 g/mol. The Bertz CT molecular complexity index is 401. The van der Waals surface area contributed by atoms with Crippen molar-refractivity contribution in [3.05, 3.63) is 34.3 Å². The van der Waals surface area contributed by atoms with Crippen LogP contribution in [0.2, 0.25) is 0 Å². The van der Waals surface area contributed by atoms with Crippen molar-refractivity contribution in [2.75, 3.05) is 0 Å². The topological polar surface area (TPSA) is 54.4 Å². The van der Waals surface area contributed by atoms with Crippen LogP contribution in [0.4, 0.5) is 0 Å². The second-order valence-corrected chi connectivity index (χ2v) is 4.80. The van der Waals surface area contributed by atoms with Gasteiger partial charge >= 0.3 is 5.97 Å². The van der Waals surface area contributed by atoms with Gasteiger partial charge in [0.05, 0.1) is 0 Å². The summed E-state index contributed by atoms with van der Waals surface area (Å²) in [5, 5.41) is 8.46. The highest BCUT2D eigenvalue weighted by Crippen LogP contribution is 2.14. The number of hydrogen-bond donors (Lipinski definition) is 1. The number of unbranched alkanes of at least 4 members (excludes halogenated alkanes) is 2. The van der Waals surface area contributed by atoms with E-state index in [4.69, 9.17) is 5.11 Å². The van der Waals surface area contributed by atoms with Gasteiger partial charge < -0.3 is 5.11 Å². The zero-order valence-corrected chi connectivity index (χ0v) is 11.1. The lowest BCUT2D eigenvalue weighted by Crippen LogP contribution is -1.99. The van der Waals surface area contributed by atoms with Gasteiger partial charge in [-0.25, -0.2) is 0 Å². The average molecular weight is 299 g/mol. The predicted molar refractivity (Wildman–Crippen MR) is 69.2 cm³/mol. The first kappa shape index (κ1) is 13.9. The number of ketones is 1. The van der Waals surface area contributed by atoms with Crippen LogP contribution in [-0.2, 0) is 4.79 Å². The van der Waals surface area contributed by atoms with Crippen LogP contribution in [0.15, 0.2) is 28.7 Å². The Hall–Kier alpha value is -1.16. The molecule has 0 bridgehead atoms. The molecule has 0 aliphatic carbocycles. The Balaban J connectivity index is 2.28. The zero-order valence-electron chi connectivity index (χ0n) is 9.49. The molecule has 1 aromatic carbocycles. The van der Waals surface area contributed by atoms with Crippen molar-refractivity contribution in [2.24, 2.45) is 0 Å². The number of carbonyl (C=O) groups is 2. The molecule has 0 atom stereocenters. The van der Waals surface area contributed by atoms with Gasteiger partial charge in [-0.3, -0.25) is 9.59 Å². The molecule has 0 radical (unpaired) electrons. The van der Waals surface area contributed by atoms with Crippen LogP contribution in [0, 0.1) is 0 Å². The molecule has 0 unspecified atom stereocenters. The van der Waals surface area contributed by atoms with Crippen LogP contribution in [0.1, 0.15) is 42.5 Å². The fraction of sp³-hybridized carbons (Fsp3) is 0.385. The minimum absolute atomic E-state index is 0.113. The van der Waals surface area contributed by atoms with Gasteiger partial charge in [-0.2, -0.15) is 0 Å². The summed E-state index contributed by atoms with van der Waals surface area (Å²) in [6.07, 6.45) is 2.84. The van der Waals surface area contributed by atoms with Crippen LogP contribution >= 0.6 is 15.9 Å². The summed E-state index contributed by atoms with van der Waals surface area (Å²) in [5.74, 6) is -0.662. The monoisotopic (exact) mass is 298 g/mol. The largest absolute Gasteiger partial charge is 0.481 e. The Kier molecular flexibility index (Phi) is 5.91. The second-order valence-electron chi connectivity index (χ2n) is 3.89. The number of benzene rings is 1. The fourth-order valence-electron chi connectivity index (χ4n) is 1.54. The Morgan fingerprint density at radius 3 is 2.47 bits per heavy atom. The number of hydrogen-bond acceptors (Lipinski definition) is 2. The molecule has 0 fully saturated rings. The van der Waals surface area contributed by atoms with E-state index in [1.807, 2.05) is 12.1 Å². The van der Waals surface area contributed by atoms with Crippen LogP contribution in [0.5, 0.6) is 0 Å². The normalized spacial score (nSPS) is 10.2. The van der Waals surface area contributed by atoms with E-state index in [2.05, 4.69) is 15.9 Å².